The molecule has 0 unspecified atom stereocenters. The second kappa shape index (κ2) is 6.74. The number of nitrogens with one attached hydrogen (secondary N) is 1. The van der Waals surface area contributed by atoms with Gasteiger partial charge in [0.15, 0.2) is 5.82 Å². The molecule has 0 aliphatic rings. The molecule has 0 amide bonds. The molecule has 6 heteroatoms. The number of H-pyrrole nitrogens is 1. The lowest BCUT2D eigenvalue weighted by Gasteiger charge is -2.01. The van der Waals surface area contributed by atoms with Crippen LogP contribution in [0.15, 0.2) is 64.5 Å². The lowest BCUT2D eigenvalue weighted by Crippen LogP contribution is -2.15. The molecule has 1 N–H and O–H groups in total. The topological polar surface area (TPSA) is 72.3 Å². The van der Waals surface area contributed by atoms with Gasteiger partial charge < -0.3 is 4.74 Å². The van der Waals surface area contributed by atoms with Crippen molar-refractivity contribution in [3.63, 3.8) is 0 Å². The molecule has 6 nitrogen and oxygen atoms in total. The molecular weight excluding hydrogens is 292 g/mol. The highest BCUT2D eigenvalue weighted by Crippen LogP contribution is 2.11. The summed E-state index contributed by atoms with van der Waals surface area (Å²) < 4.78 is 6.44. The molecule has 0 radical (unpaired) electrons. The zero-order valence-corrected chi connectivity index (χ0v) is 12.6. The average molecular weight is 308 g/mol. The van der Waals surface area contributed by atoms with E-state index < -0.39 is 0 Å². The Hall–Kier alpha value is -3.15. The van der Waals surface area contributed by atoms with Crippen molar-refractivity contribution in [2.24, 2.45) is 5.10 Å². The molecular formula is C17H16N4O2. The summed E-state index contributed by atoms with van der Waals surface area (Å²) in [5, 5.41) is 10.7. The van der Waals surface area contributed by atoms with E-state index in [-0.39, 0.29) is 5.69 Å². The van der Waals surface area contributed by atoms with Gasteiger partial charge in [-0.15, -0.1) is 0 Å². The van der Waals surface area contributed by atoms with Crippen LogP contribution in [0.5, 0.6) is 5.75 Å². The maximum absolute atomic E-state index is 11.9. The van der Waals surface area contributed by atoms with E-state index in [4.69, 9.17) is 4.74 Å². The van der Waals surface area contributed by atoms with Gasteiger partial charge in [-0.05, 0) is 23.3 Å². The number of rotatable bonds is 5. The third-order valence-corrected chi connectivity index (χ3v) is 3.34. The van der Waals surface area contributed by atoms with Crippen molar-refractivity contribution in [1.29, 1.82) is 0 Å². The van der Waals surface area contributed by atoms with Gasteiger partial charge in [-0.25, -0.2) is 9.89 Å². The first-order chi connectivity index (χ1) is 11.3. The lowest BCUT2D eigenvalue weighted by molar-refractivity contribution is 0.415. The van der Waals surface area contributed by atoms with Gasteiger partial charge in [0.1, 0.15) is 5.75 Å². The zero-order valence-electron chi connectivity index (χ0n) is 12.6. The Balaban J connectivity index is 1.86. The summed E-state index contributed by atoms with van der Waals surface area (Å²) in [7, 11) is 1.61. The fourth-order valence-corrected chi connectivity index (χ4v) is 2.18. The summed E-state index contributed by atoms with van der Waals surface area (Å²) in [6.07, 6.45) is 2.13. The highest BCUT2D eigenvalue weighted by molar-refractivity contribution is 5.80. The van der Waals surface area contributed by atoms with Crippen molar-refractivity contribution in [2.75, 3.05) is 7.11 Å². The SMILES string of the molecule is COc1cccc(/C=N/n2c(Cc3ccccc3)n[nH]c2=O)c1. The smallest absolute Gasteiger partial charge is 0.364 e. The molecule has 0 saturated heterocycles. The van der Waals surface area contributed by atoms with E-state index in [0.717, 1.165) is 16.9 Å². The minimum Gasteiger partial charge on any atom is -0.497 e. The Morgan fingerprint density at radius 1 is 1.22 bits per heavy atom. The van der Waals surface area contributed by atoms with E-state index >= 15 is 0 Å². The van der Waals surface area contributed by atoms with E-state index in [1.54, 1.807) is 13.3 Å². The van der Waals surface area contributed by atoms with E-state index in [2.05, 4.69) is 15.3 Å². The molecule has 116 valence electrons. The van der Waals surface area contributed by atoms with Crippen LogP contribution in [0.25, 0.3) is 0 Å². The predicted octanol–water partition coefficient (Wildman–Crippen LogP) is 2.05. The van der Waals surface area contributed by atoms with Crippen molar-refractivity contribution >= 4 is 6.21 Å². The van der Waals surface area contributed by atoms with Crippen molar-refractivity contribution in [3.05, 3.63) is 82.0 Å². The van der Waals surface area contributed by atoms with Gasteiger partial charge >= 0.3 is 5.69 Å². The van der Waals surface area contributed by atoms with Gasteiger partial charge in [-0.3, -0.25) is 0 Å². The van der Waals surface area contributed by atoms with Crippen molar-refractivity contribution in [1.82, 2.24) is 14.9 Å². The largest absolute Gasteiger partial charge is 0.497 e. The third kappa shape index (κ3) is 3.55. The van der Waals surface area contributed by atoms with Crippen molar-refractivity contribution in [2.45, 2.75) is 6.42 Å². The number of hydrogen-bond acceptors (Lipinski definition) is 4. The summed E-state index contributed by atoms with van der Waals surface area (Å²) in [6.45, 7) is 0. The number of nitrogens with zero attached hydrogens (tertiary/aromatic N) is 3. The number of hydrogen-bond donors (Lipinski definition) is 1. The quantitative estimate of drug-likeness (QED) is 0.733. The van der Waals surface area contributed by atoms with E-state index in [1.165, 1.54) is 4.68 Å². The highest BCUT2D eigenvalue weighted by Gasteiger charge is 2.07. The monoisotopic (exact) mass is 308 g/mol. The molecule has 23 heavy (non-hydrogen) atoms. The molecule has 1 heterocycles. The maximum Gasteiger partial charge on any atom is 0.364 e. The Morgan fingerprint density at radius 2 is 2.04 bits per heavy atom. The molecule has 0 atom stereocenters. The van der Waals surface area contributed by atoms with Gasteiger partial charge in [-0.2, -0.15) is 14.9 Å². The summed E-state index contributed by atoms with van der Waals surface area (Å²) in [5.41, 5.74) is 1.53. The minimum absolute atomic E-state index is 0.366. The summed E-state index contributed by atoms with van der Waals surface area (Å²) >= 11 is 0. The normalized spacial score (nSPS) is 11.0. The van der Waals surface area contributed by atoms with Crippen LogP contribution in [0.4, 0.5) is 0 Å². The first-order valence-electron chi connectivity index (χ1n) is 7.15. The van der Waals surface area contributed by atoms with Gasteiger partial charge in [0, 0.05) is 6.42 Å². The zero-order chi connectivity index (χ0) is 16.1. The van der Waals surface area contributed by atoms with Gasteiger partial charge in [0.05, 0.1) is 13.3 Å². The first-order valence-corrected chi connectivity index (χ1v) is 7.15. The fraction of sp³-hybridized carbons (Fsp3) is 0.118. The van der Waals surface area contributed by atoms with Crippen LogP contribution in [0.3, 0.4) is 0 Å². The molecule has 3 rings (SSSR count). The summed E-state index contributed by atoms with van der Waals surface area (Å²) in [5.74, 6) is 1.29. The molecule has 3 aromatic rings. The Morgan fingerprint density at radius 3 is 2.83 bits per heavy atom. The van der Waals surface area contributed by atoms with Crippen LogP contribution in [0, 0.1) is 0 Å². The van der Waals surface area contributed by atoms with E-state index in [9.17, 15) is 4.79 Å². The van der Waals surface area contributed by atoms with Crippen molar-refractivity contribution < 1.29 is 4.74 Å². The number of ether oxygens (including phenoxy) is 1. The van der Waals surface area contributed by atoms with Crippen LogP contribution >= 0.6 is 0 Å². The third-order valence-electron chi connectivity index (χ3n) is 3.34. The van der Waals surface area contributed by atoms with E-state index in [0.29, 0.717) is 12.2 Å². The average Bonchev–Trinajstić information content (AvgIpc) is 2.94. The van der Waals surface area contributed by atoms with Gasteiger partial charge in [0.2, 0.25) is 0 Å². The number of aromatic nitrogens is 3. The van der Waals surface area contributed by atoms with Crippen LogP contribution in [0.2, 0.25) is 0 Å². The number of methoxy groups -OCH3 is 1. The molecule has 0 aliphatic carbocycles. The lowest BCUT2D eigenvalue weighted by atomic mass is 10.1. The number of aromatic amines is 1. The molecule has 0 spiro atoms. The molecule has 2 aromatic carbocycles. The second-order valence-corrected chi connectivity index (χ2v) is 4.94. The molecule has 0 bridgehead atoms. The van der Waals surface area contributed by atoms with Crippen LogP contribution < -0.4 is 10.4 Å². The van der Waals surface area contributed by atoms with Crippen LogP contribution in [-0.4, -0.2) is 28.2 Å². The Labute approximate surface area is 133 Å². The molecule has 0 fully saturated rings. The summed E-state index contributed by atoms with van der Waals surface area (Å²) in [6, 6.07) is 17.2. The molecule has 0 aliphatic heterocycles. The standard InChI is InChI=1S/C17H16N4O2/c1-23-15-9-5-8-14(10-15)12-18-21-16(19-20-17(21)22)11-13-6-3-2-4-7-13/h2-10,12H,11H2,1H3,(H,20,22)/b18-12+. The van der Waals surface area contributed by atoms with E-state index in [1.807, 2.05) is 54.6 Å². The number of benzene rings is 2. The summed E-state index contributed by atoms with van der Waals surface area (Å²) in [4.78, 5) is 11.9. The predicted molar refractivity (Wildman–Crippen MR) is 88.1 cm³/mol. The fourth-order valence-electron chi connectivity index (χ4n) is 2.18. The Bertz CT molecular complexity index is 866. The molecule has 1 aromatic heterocycles. The maximum atomic E-state index is 11.9. The van der Waals surface area contributed by atoms with Gasteiger partial charge in [0.25, 0.3) is 0 Å². The highest BCUT2D eigenvalue weighted by atomic mass is 16.5. The second-order valence-electron chi connectivity index (χ2n) is 4.94. The van der Waals surface area contributed by atoms with Crippen molar-refractivity contribution in [3.8, 4) is 5.75 Å². The van der Waals surface area contributed by atoms with Gasteiger partial charge in [-0.1, -0.05) is 42.5 Å². The minimum atomic E-state index is -0.366. The van der Waals surface area contributed by atoms with Crippen LogP contribution in [0.1, 0.15) is 17.0 Å². The Kier molecular flexibility index (Phi) is 4.33. The molecule has 0 saturated carbocycles. The first kappa shape index (κ1) is 14.8. The van der Waals surface area contributed by atoms with Crippen LogP contribution in [-0.2, 0) is 6.42 Å².